The van der Waals surface area contributed by atoms with Crippen LogP contribution in [0.1, 0.15) is 54.6 Å². The topological polar surface area (TPSA) is 82.7 Å². The Kier molecular flexibility index (Phi) is 5.28. The van der Waals surface area contributed by atoms with Gasteiger partial charge in [0.15, 0.2) is 5.69 Å². The third-order valence-electron chi connectivity index (χ3n) is 5.65. The summed E-state index contributed by atoms with van der Waals surface area (Å²) in [5, 5.41) is 7.24. The minimum atomic E-state index is -0.197. The first kappa shape index (κ1) is 18.5. The van der Waals surface area contributed by atoms with Crippen LogP contribution in [0.3, 0.4) is 0 Å². The highest BCUT2D eigenvalue weighted by molar-refractivity contribution is 6.07. The number of carbonyl (C=O) groups is 1. The first-order chi connectivity index (χ1) is 13.7. The molecule has 28 heavy (non-hydrogen) atoms. The Bertz CT molecular complexity index is 986. The van der Waals surface area contributed by atoms with Gasteiger partial charge in [0.2, 0.25) is 0 Å². The molecule has 1 aliphatic carbocycles. The lowest BCUT2D eigenvalue weighted by Crippen LogP contribution is -2.19. The summed E-state index contributed by atoms with van der Waals surface area (Å²) in [6.45, 7) is 2.11. The molecule has 1 aliphatic rings. The number of aryl methyl sites for hydroxylation is 1. The van der Waals surface area contributed by atoms with Crippen molar-refractivity contribution in [1.82, 2.24) is 20.3 Å². The average Bonchev–Trinajstić information content (AvgIpc) is 2.96. The van der Waals surface area contributed by atoms with E-state index in [0.717, 1.165) is 33.4 Å². The van der Waals surface area contributed by atoms with Crippen LogP contribution in [0, 0.1) is 6.92 Å². The van der Waals surface area contributed by atoms with Crippen LogP contribution in [-0.2, 0) is 0 Å². The summed E-state index contributed by atoms with van der Waals surface area (Å²) in [5.74, 6) is 0.748. The van der Waals surface area contributed by atoms with Crippen molar-refractivity contribution in [3.8, 4) is 11.1 Å². The number of anilines is 1. The van der Waals surface area contributed by atoms with Gasteiger partial charge in [0, 0.05) is 48.2 Å². The summed E-state index contributed by atoms with van der Waals surface area (Å²) < 4.78 is 0. The zero-order chi connectivity index (χ0) is 19.5. The highest BCUT2D eigenvalue weighted by Crippen LogP contribution is 2.32. The smallest absolute Gasteiger partial charge is 0.271 e. The number of aromatic amines is 1. The lowest BCUT2D eigenvalue weighted by atomic mass is 10.0. The van der Waals surface area contributed by atoms with E-state index < -0.39 is 0 Å². The van der Waals surface area contributed by atoms with E-state index in [4.69, 9.17) is 0 Å². The molecular formula is C22H27N5O. The first-order valence-corrected chi connectivity index (χ1v) is 10.1. The van der Waals surface area contributed by atoms with Crippen molar-refractivity contribution >= 4 is 22.6 Å². The number of carbonyl (C=O) groups excluding carboxylic acids is 1. The van der Waals surface area contributed by atoms with Crippen LogP contribution < -0.4 is 10.6 Å². The molecule has 1 amide bonds. The van der Waals surface area contributed by atoms with Crippen molar-refractivity contribution in [3.05, 3.63) is 42.0 Å². The Balaban J connectivity index is 1.64. The van der Waals surface area contributed by atoms with Crippen molar-refractivity contribution in [1.29, 1.82) is 0 Å². The molecule has 6 heteroatoms. The molecule has 0 bridgehead atoms. The van der Waals surface area contributed by atoms with Crippen LogP contribution in [0.2, 0.25) is 0 Å². The molecular weight excluding hydrogens is 350 g/mol. The summed E-state index contributed by atoms with van der Waals surface area (Å²) in [5.41, 5.74) is 4.41. The lowest BCUT2D eigenvalue weighted by molar-refractivity contribution is 0.0960. The Morgan fingerprint density at radius 2 is 1.93 bits per heavy atom. The second kappa shape index (κ2) is 8.00. The molecule has 0 aliphatic heterocycles. The second-order valence-corrected chi connectivity index (χ2v) is 7.58. The van der Waals surface area contributed by atoms with Gasteiger partial charge < -0.3 is 15.6 Å². The summed E-state index contributed by atoms with van der Waals surface area (Å²) in [7, 11) is 1.61. The molecule has 0 radical (unpaired) electrons. The van der Waals surface area contributed by atoms with Crippen molar-refractivity contribution in [2.45, 2.75) is 51.5 Å². The number of amides is 1. The normalized spacial score (nSPS) is 15.4. The number of aromatic nitrogens is 3. The molecule has 3 aromatic heterocycles. The quantitative estimate of drug-likeness (QED) is 0.588. The number of fused-ring (bicyclic) bond motifs is 1. The predicted molar refractivity (Wildman–Crippen MR) is 113 cm³/mol. The van der Waals surface area contributed by atoms with Gasteiger partial charge in [0.25, 0.3) is 5.91 Å². The van der Waals surface area contributed by atoms with Gasteiger partial charge in [-0.15, -0.1) is 0 Å². The van der Waals surface area contributed by atoms with Gasteiger partial charge in [0.05, 0.1) is 5.52 Å². The molecule has 1 fully saturated rings. The lowest BCUT2D eigenvalue weighted by Gasteiger charge is -2.17. The fraction of sp³-hybridized carbons (Fsp3) is 0.409. The van der Waals surface area contributed by atoms with Crippen LogP contribution in [0.4, 0.5) is 5.82 Å². The SMILES string of the molecule is CNC(=O)c1nccc2c(-c3cnc(NC4CCCCCC4)cc3C)c[nH]c12. The number of rotatable bonds is 4. The summed E-state index contributed by atoms with van der Waals surface area (Å²) in [6, 6.07) is 4.58. The van der Waals surface area contributed by atoms with Crippen molar-refractivity contribution in [3.63, 3.8) is 0 Å². The van der Waals surface area contributed by atoms with E-state index in [2.05, 4.69) is 38.6 Å². The molecule has 6 nitrogen and oxygen atoms in total. The summed E-state index contributed by atoms with van der Waals surface area (Å²) >= 11 is 0. The zero-order valence-corrected chi connectivity index (χ0v) is 16.5. The van der Waals surface area contributed by atoms with Gasteiger partial charge in [-0.25, -0.2) is 9.97 Å². The summed E-state index contributed by atoms with van der Waals surface area (Å²) in [6.07, 6.45) is 13.3. The number of hydrogen-bond acceptors (Lipinski definition) is 4. The molecule has 3 aromatic rings. The summed E-state index contributed by atoms with van der Waals surface area (Å²) in [4.78, 5) is 24.2. The van der Waals surface area contributed by atoms with Crippen LogP contribution in [-0.4, -0.2) is 33.9 Å². The van der Waals surface area contributed by atoms with Gasteiger partial charge in [-0.05, 0) is 37.5 Å². The van der Waals surface area contributed by atoms with E-state index in [1.807, 2.05) is 18.5 Å². The van der Waals surface area contributed by atoms with E-state index >= 15 is 0 Å². The number of pyridine rings is 2. The molecule has 3 N–H and O–H groups in total. The standard InChI is InChI=1S/C22H27N5O/c1-14-11-19(27-15-7-5-3-4-6-8-15)25-12-17(14)18-13-26-20-16(18)9-10-24-21(20)22(28)23-2/h9-13,15,26H,3-8H2,1-2H3,(H,23,28)(H,25,27). The van der Waals surface area contributed by atoms with Gasteiger partial charge >= 0.3 is 0 Å². The van der Waals surface area contributed by atoms with E-state index in [1.165, 1.54) is 38.5 Å². The van der Waals surface area contributed by atoms with Crippen LogP contribution in [0.15, 0.2) is 30.7 Å². The Morgan fingerprint density at radius 1 is 1.14 bits per heavy atom. The van der Waals surface area contributed by atoms with Crippen molar-refractivity contribution < 1.29 is 4.79 Å². The third kappa shape index (κ3) is 3.59. The molecule has 4 rings (SSSR count). The van der Waals surface area contributed by atoms with Gasteiger partial charge in [-0.3, -0.25) is 4.79 Å². The first-order valence-electron chi connectivity index (χ1n) is 10.1. The third-order valence-corrected chi connectivity index (χ3v) is 5.65. The molecule has 0 spiro atoms. The molecule has 146 valence electrons. The zero-order valence-electron chi connectivity index (χ0n) is 16.5. The van der Waals surface area contributed by atoms with Crippen LogP contribution >= 0.6 is 0 Å². The highest BCUT2D eigenvalue weighted by atomic mass is 16.1. The molecule has 0 atom stereocenters. The van der Waals surface area contributed by atoms with E-state index in [0.29, 0.717) is 11.7 Å². The van der Waals surface area contributed by atoms with Crippen LogP contribution in [0.5, 0.6) is 0 Å². The Labute approximate surface area is 165 Å². The second-order valence-electron chi connectivity index (χ2n) is 7.58. The largest absolute Gasteiger partial charge is 0.367 e. The Morgan fingerprint density at radius 3 is 2.64 bits per heavy atom. The maximum absolute atomic E-state index is 12.1. The van der Waals surface area contributed by atoms with E-state index in [9.17, 15) is 4.79 Å². The van der Waals surface area contributed by atoms with Gasteiger partial charge in [0.1, 0.15) is 5.82 Å². The Hall–Kier alpha value is -2.89. The molecule has 0 saturated heterocycles. The molecule has 3 heterocycles. The minimum absolute atomic E-state index is 0.197. The average molecular weight is 377 g/mol. The molecule has 0 aromatic carbocycles. The maximum atomic E-state index is 12.1. The van der Waals surface area contributed by atoms with E-state index in [1.54, 1.807) is 13.2 Å². The van der Waals surface area contributed by atoms with Crippen molar-refractivity contribution in [2.75, 3.05) is 12.4 Å². The maximum Gasteiger partial charge on any atom is 0.271 e. The van der Waals surface area contributed by atoms with Gasteiger partial charge in [-0.2, -0.15) is 0 Å². The van der Waals surface area contributed by atoms with E-state index in [-0.39, 0.29) is 5.91 Å². The fourth-order valence-electron chi connectivity index (χ4n) is 4.12. The predicted octanol–water partition coefficient (Wildman–Crippen LogP) is 4.43. The van der Waals surface area contributed by atoms with Crippen molar-refractivity contribution in [2.24, 2.45) is 0 Å². The number of nitrogens with zero attached hydrogens (tertiary/aromatic N) is 2. The minimum Gasteiger partial charge on any atom is -0.367 e. The fourth-order valence-corrected chi connectivity index (χ4v) is 4.12. The number of nitrogens with one attached hydrogen (secondary N) is 3. The van der Waals surface area contributed by atoms with Gasteiger partial charge in [-0.1, -0.05) is 25.7 Å². The van der Waals surface area contributed by atoms with Crippen LogP contribution in [0.25, 0.3) is 22.0 Å². The highest BCUT2D eigenvalue weighted by Gasteiger charge is 2.17. The monoisotopic (exact) mass is 377 g/mol. The molecule has 1 saturated carbocycles. The molecule has 0 unspecified atom stereocenters. The number of H-pyrrole nitrogens is 1. The number of hydrogen-bond donors (Lipinski definition) is 3.